The Morgan fingerprint density at radius 1 is 1.16 bits per heavy atom. The maximum absolute atomic E-state index is 12.3. The van der Waals surface area contributed by atoms with Gasteiger partial charge in [0.2, 0.25) is 5.91 Å². The maximum atomic E-state index is 12.3. The van der Waals surface area contributed by atoms with Gasteiger partial charge in [-0.2, -0.15) is 0 Å². The van der Waals surface area contributed by atoms with Crippen LogP contribution < -0.4 is 4.90 Å². The van der Waals surface area contributed by atoms with E-state index in [1.54, 1.807) is 11.9 Å². The van der Waals surface area contributed by atoms with Gasteiger partial charge < -0.3 is 10.0 Å². The number of carbonyl (C=O) groups is 2. The fourth-order valence-electron chi connectivity index (χ4n) is 2.60. The van der Waals surface area contributed by atoms with E-state index in [4.69, 9.17) is 5.11 Å². The summed E-state index contributed by atoms with van der Waals surface area (Å²) in [5.41, 5.74) is 2.01. The molecular formula is C15H19NO3. The Hall–Kier alpha value is -1.84. The lowest BCUT2D eigenvalue weighted by Crippen LogP contribution is -2.32. The van der Waals surface area contributed by atoms with Crippen LogP contribution in [-0.2, 0) is 9.59 Å². The van der Waals surface area contributed by atoms with Crippen LogP contribution in [0.4, 0.5) is 5.69 Å². The Bertz CT molecular complexity index is 481. The van der Waals surface area contributed by atoms with Crippen molar-refractivity contribution in [1.82, 2.24) is 0 Å². The Balaban J connectivity index is 2.04. The van der Waals surface area contributed by atoms with Gasteiger partial charge >= 0.3 is 5.97 Å². The van der Waals surface area contributed by atoms with Gasteiger partial charge in [-0.15, -0.1) is 0 Å². The molecule has 0 aromatic heterocycles. The minimum absolute atomic E-state index is 0.0209. The average molecular weight is 261 g/mol. The molecule has 2 atom stereocenters. The fourth-order valence-corrected chi connectivity index (χ4v) is 2.60. The number of hydrogen-bond acceptors (Lipinski definition) is 2. The second kappa shape index (κ2) is 5.43. The van der Waals surface area contributed by atoms with Crippen molar-refractivity contribution in [1.29, 1.82) is 0 Å². The van der Waals surface area contributed by atoms with Crippen molar-refractivity contribution in [3.63, 3.8) is 0 Å². The van der Waals surface area contributed by atoms with Gasteiger partial charge in [0.15, 0.2) is 0 Å². The first kappa shape index (κ1) is 13.6. The Morgan fingerprint density at radius 2 is 1.74 bits per heavy atom. The van der Waals surface area contributed by atoms with Crippen molar-refractivity contribution in [2.24, 2.45) is 11.8 Å². The quantitative estimate of drug-likeness (QED) is 0.909. The van der Waals surface area contributed by atoms with Crippen LogP contribution in [0, 0.1) is 18.8 Å². The van der Waals surface area contributed by atoms with E-state index in [-0.39, 0.29) is 17.7 Å². The number of carbonyl (C=O) groups excluding carboxylic acids is 1. The molecule has 1 aromatic carbocycles. The van der Waals surface area contributed by atoms with Gasteiger partial charge in [0, 0.05) is 18.7 Å². The van der Waals surface area contributed by atoms with Crippen LogP contribution in [0.2, 0.25) is 0 Å². The molecule has 1 fully saturated rings. The van der Waals surface area contributed by atoms with Crippen LogP contribution in [0.15, 0.2) is 24.3 Å². The van der Waals surface area contributed by atoms with E-state index in [9.17, 15) is 9.59 Å². The van der Waals surface area contributed by atoms with E-state index in [0.29, 0.717) is 19.3 Å². The third-order valence-electron chi connectivity index (χ3n) is 3.88. The number of aryl methyl sites for hydroxylation is 1. The van der Waals surface area contributed by atoms with Crippen LogP contribution in [0.25, 0.3) is 0 Å². The van der Waals surface area contributed by atoms with Crippen molar-refractivity contribution in [2.45, 2.75) is 26.2 Å². The lowest BCUT2D eigenvalue weighted by atomic mass is 10.0. The SMILES string of the molecule is Cc1ccc(N(C)C(=O)C2CCC(C(=O)O)C2)cc1. The smallest absolute Gasteiger partial charge is 0.306 e. The molecule has 0 radical (unpaired) electrons. The van der Waals surface area contributed by atoms with Gasteiger partial charge in [-0.3, -0.25) is 9.59 Å². The lowest BCUT2D eigenvalue weighted by molar-refractivity contribution is -0.141. The molecule has 0 spiro atoms. The zero-order valence-corrected chi connectivity index (χ0v) is 11.3. The summed E-state index contributed by atoms with van der Waals surface area (Å²) >= 11 is 0. The summed E-state index contributed by atoms with van der Waals surface area (Å²) in [7, 11) is 1.75. The largest absolute Gasteiger partial charge is 0.481 e. The Labute approximate surface area is 113 Å². The predicted octanol–water partition coefficient (Wildman–Crippen LogP) is 2.46. The third-order valence-corrected chi connectivity index (χ3v) is 3.88. The van der Waals surface area contributed by atoms with Crippen LogP contribution in [-0.4, -0.2) is 24.0 Å². The molecule has 1 saturated carbocycles. The molecule has 102 valence electrons. The van der Waals surface area contributed by atoms with Gasteiger partial charge in [0.05, 0.1) is 5.92 Å². The minimum atomic E-state index is -0.784. The molecule has 2 unspecified atom stereocenters. The molecule has 2 rings (SSSR count). The predicted molar refractivity (Wildman–Crippen MR) is 73.1 cm³/mol. The van der Waals surface area contributed by atoms with Crippen LogP contribution in [0.5, 0.6) is 0 Å². The topological polar surface area (TPSA) is 57.6 Å². The molecule has 1 aromatic rings. The highest BCUT2D eigenvalue weighted by Crippen LogP contribution is 2.33. The first-order valence-electron chi connectivity index (χ1n) is 6.56. The summed E-state index contributed by atoms with van der Waals surface area (Å²) in [6.07, 6.45) is 1.74. The number of carboxylic acid groups (broad SMARTS) is 1. The number of carboxylic acids is 1. The molecule has 19 heavy (non-hydrogen) atoms. The summed E-state index contributed by atoms with van der Waals surface area (Å²) in [6, 6.07) is 7.76. The van der Waals surface area contributed by atoms with Gasteiger partial charge in [0.1, 0.15) is 0 Å². The number of aliphatic carboxylic acids is 1. The van der Waals surface area contributed by atoms with Crippen LogP contribution in [0.3, 0.4) is 0 Å². The van der Waals surface area contributed by atoms with E-state index in [1.807, 2.05) is 31.2 Å². The zero-order valence-electron chi connectivity index (χ0n) is 11.3. The molecule has 1 aliphatic rings. The van der Waals surface area contributed by atoms with E-state index in [2.05, 4.69) is 0 Å². The number of anilines is 1. The van der Waals surface area contributed by atoms with Gasteiger partial charge in [0.25, 0.3) is 0 Å². The highest BCUT2D eigenvalue weighted by Gasteiger charge is 2.35. The molecule has 0 aliphatic heterocycles. The molecule has 0 heterocycles. The second-order valence-corrected chi connectivity index (χ2v) is 5.28. The van der Waals surface area contributed by atoms with Crippen LogP contribution >= 0.6 is 0 Å². The van der Waals surface area contributed by atoms with Crippen molar-refractivity contribution < 1.29 is 14.7 Å². The van der Waals surface area contributed by atoms with Crippen molar-refractivity contribution in [2.75, 3.05) is 11.9 Å². The summed E-state index contributed by atoms with van der Waals surface area (Å²) in [4.78, 5) is 24.9. The maximum Gasteiger partial charge on any atom is 0.306 e. The molecule has 4 heteroatoms. The standard InChI is InChI=1S/C15H19NO3/c1-10-3-7-13(8-4-10)16(2)14(17)11-5-6-12(9-11)15(18)19/h3-4,7-8,11-12H,5-6,9H2,1-2H3,(H,18,19). The number of amides is 1. The van der Waals surface area contributed by atoms with Crippen molar-refractivity contribution in [3.8, 4) is 0 Å². The first-order valence-corrected chi connectivity index (χ1v) is 6.56. The normalized spacial score (nSPS) is 22.2. The first-order chi connectivity index (χ1) is 8.99. The monoisotopic (exact) mass is 261 g/mol. The fraction of sp³-hybridized carbons (Fsp3) is 0.467. The summed E-state index contributed by atoms with van der Waals surface area (Å²) in [6.45, 7) is 2.00. The van der Waals surface area contributed by atoms with E-state index in [1.165, 1.54) is 0 Å². The highest BCUT2D eigenvalue weighted by atomic mass is 16.4. The van der Waals surface area contributed by atoms with Gasteiger partial charge in [-0.25, -0.2) is 0 Å². The summed E-state index contributed by atoms with van der Waals surface area (Å²) in [5, 5.41) is 8.97. The molecule has 0 bridgehead atoms. The average Bonchev–Trinajstić information content (AvgIpc) is 2.87. The summed E-state index contributed by atoms with van der Waals surface area (Å²) < 4.78 is 0. The van der Waals surface area contributed by atoms with Gasteiger partial charge in [-0.1, -0.05) is 17.7 Å². The van der Waals surface area contributed by atoms with E-state index in [0.717, 1.165) is 11.3 Å². The lowest BCUT2D eigenvalue weighted by Gasteiger charge is -2.21. The number of hydrogen-bond donors (Lipinski definition) is 1. The molecule has 1 N–H and O–H groups in total. The van der Waals surface area contributed by atoms with Crippen molar-refractivity contribution in [3.05, 3.63) is 29.8 Å². The minimum Gasteiger partial charge on any atom is -0.481 e. The molecule has 0 saturated heterocycles. The Kier molecular flexibility index (Phi) is 3.88. The molecule has 4 nitrogen and oxygen atoms in total. The Morgan fingerprint density at radius 3 is 2.26 bits per heavy atom. The zero-order chi connectivity index (χ0) is 14.0. The van der Waals surface area contributed by atoms with Crippen LogP contribution in [0.1, 0.15) is 24.8 Å². The van der Waals surface area contributed by atoms with Gasteiger partial charge in [-0.05, 0) is 38.3 Å². The highest BCUT2D eigenvalue weighted by molar-refractivity contribution is 5.95. The molecular weight excluding hydrogens is 242 g/mol. The molecule has 1 amide bonds. The number of nitrogens with zero attached hydrogens (tertiary/aromatic N) is 1. The number of benzene rings is 1. The van der Waals surface area contributed by atoms with Crippen molar-refractivity contribution >= 4 is 17.6 Å². The molecule has 1 aliphatic carbocycles. The second-order valence-electron chi connectivity index (χ2n) is 5.28. The van der Waals surface area contributed by atoms with E-state index >= 15 is 0 Å². The number of rotatable bonds is 3. The van der Waals surface area contributed by atoms with E-state index < -0.39 is 5.97 Å². The third kappa shape index (κ3) is 2.95. The summed E-state index contributed by atoms with van der Waals surface area (Å²) in [5.74, 6) is -1.28.